The largest absolute Gasteiger partial charge is 0.497 e. The first-order chi connectivity index (χ1) is 10.1. The van der Waals surface area contributed by atoms with Gasteiger partial charge in [-0.15, -0.1) is 0 Å². The smallest absolute Gasteiger partial charge is 0.325 e. The summed E-state index contributed by atoms with van der Waals surface area (Å²) in [5.74, 6) is 0.273. The Kier molecular flexibility index (Phi) is 6.52. The fourth-order valence-electron chi connectivity index (χ4n) is 1.89. The van der Waals surface area contributed by atoms with E-state index in [0.717, 1.165) is 6.42 Å². The second-order valence-corrected chi connectivity index (χ2v) is 4.37. The van der Waals surface area contributed by atoms with E-state index in [1.54, 1.807) is 18.2 Å². The minimum absolute atomic E-state index is 0.0850. The zero-order valence-corrected chi connectivity index (χ0v) is 12.8. The number of nitrogens with zero attached hydrogens (tertiary/aromatic N) is 1. The Balaban J connectivity index is 3.05. The third-order valence-corrected chi connectivity index (χ3v) is 2.97. The van der Waals surface area contributed by atoms with Crippen molar-refractivity contribution in [1.82, 2.24) is 4.90 Å². The number of carbonyl (C=O) groups excluding carboxylic acids is 2. The Bertz CT molecular complexity index is 501. The van der Waals surface area contributed by atoms with Crippen LogP contribution in [0.3, 0.4) is 0 Å². The van der Waals surface area contributed by atoms with E-state index in [2.05, 4.69) is 4.74 Å². The summed E-state index contributed by atoms with van der Waals surface area (Å²) in [5, 5.41) is 0. The lowest BCUT2D eigenvalue weighted by atomic mass is 10.1. The highest BCUT2D eigenvalue weighted by atomic mass is 16.5. The van der Waals surface area contributed by atoms with Crippen molar-refractivity contribution in [2.75, 3.05) is 34.4 Å². The molecule has 0 aliphatic rings. The van der Waals surface area contributed by atoms with Crippen LogP contribution in [0.15, 0.2) is 18.2 Å². The molecule has 0 spiro atoms. The lowest BCUT2D eigenvalue weighted by molar-refractivity contribution is -0.141. The topological polar surface area (TPSA) is 65.1 Å². The maximum Gasteiger partial charge on any atom is 0.325 e. The molecule has 0 atom stereocenters. The maximum atomic E-state index is 12.6. The molecule has 0 aliphatic heterocycles. The zero-order chi connectivity index (χ0) is 15.8. The van der Waals surface area contributed by atoms with Crippen molar-refractivity contribution in [3.63, 3.8) is 0 Å². The highest BCUT2D eigenvalue weighted by Gasteiger charge is 2.22. The van der Waals surface area contributed by atoms with Crippen molar-refractivity contribution >= 4 is 11.9 Å². The molecular formula is C15H21NO5. The Morgan fingerprint density at radius 2 is 1.86 bits per heavy atom. The summed E-state index contributed by atoms with van der Waals surface area (Å²) in [6, 6.07) is 4.94. The van der Waals surface area contributed by atoms with E-state index in [-0.39, 0.29) is 12.5 Å². The molecule has 1 aromatic carbocycles. The molecule has 0 heterocycles. The van der Waals surface area contributed by atoms with Crippen molar-refractivity contribution in [2.45, 2.75) is 13.3 Å². The second-order valence-electron chi connectivity index (χ2n) is 4.37. The van der Waals surface area contributed by atoms with Gasteiger partial charge in [0.05, 0.1) is 26.9 Å². The summed E-state index contributed by atoms with van der Waals surface area (Å²) in [5.41, 5.74) is 0.385. The molecule has 0 saturated carbocycles. The number of ether oxygens (including phenoxy) is 3. The van der Waals surface area contributed by atoms with Crippen LogP contribution in [-0.4, -0.2) is 51.2 Å². The molecule has 21 heavy (non-hydrogen) atoms. The predicted molar refractivity (Wildman–Crippen MR) is 77.8 cm³/mol. The van der Waals surface area contributed by atoms with Crippen LogP contribution in [0.25, 0.3) is 0 Å². The first-order valence-corrected chi connectivity index (χ1v) is 6.65. The van der Waals surface area contributed by atoms with Gasteiger partial charge in [0.2, 0.25) is 0 Å². The summed E-state index contributed by atoms with van der Waals surface area (Å²) in [7, 11) is 4.32. The molecule has 1 aromatic rings. The molecular weight excluding hydrogens is 274 g/mol. The number of rotatable bonds is 7. The Morgan fingerprint density at radius 3 is 2.38 bits per heavy atom. The Morgan fingerprint density at radius 1 is 1.14 bits per heavy atom. The van der Waals surface area contributed by atoms with Gasteiger partial charge in [0.15, 0.2) is 0 Å². The number of carbonyl (C=O) groups is 2. The third-order valence-electron chi connectivity index (χ3n) is 2.97. The normalized spacial score (nSPS) is 9.90. The van der Waals surface area contributed by atoms with Crippen LogP contribution in [0.2, 0.25) is 0 Å². The first-order valence-electron chi connectivity index (χ1n) is 6.65. The number of hydrogen-bond acceptors (Lipinski definition) is 5. The van der Waals surface area contributed by atoms with Crippen LogP contribution in [0.4, 0.5) is 0 Å². The van der Waals surface area contributed by atoms with Crippen LogP contribution < -0.4 is 9.47 Å². The van der Waals surface area contributed by atoms with Crippen LogP contribution in [0.5, 0.6) is 11.5 Å². The summed E-state index contributed by atoms with van der Waals surface area (Å²) in [4.78, 5) is 25.4. The average Bonchev–Trinajstić information content (AvgIpc) is 2.52. The monoisotopic (exact) mass is 295 g/mol. The highest BCUT2D eigenvalue weighted by molar-refractivity contribution is 5.98. The Hall–Kier alpha value is -2.24. The first kappa shape index (κ1) is 16.8. The SMILES string of the molecule is CCCN(CC(=O)OC)C(=O)c1ccc(OC)cc1OC. The van der Waals surface area contributed by atoms with Crippen molar-refractivity contribution in [2.24, 2.45) is 0 Å². The molecule has 1 rings (SSSR count). The summed E-state index contributed by atoms with van der Waals surface area (Å²) < 4.78 is 14.9. The lowest BCUT2D eigenvalue weighted by Crippen LogP contribution is -2.37. The van der Waals surface area contributed by atoms with Crippen molar-refractivity contribution in [3.05, 3.63) is 23.8 Å². The van der Waals surface area contributed by atoms with Gasteiger partial charge in [0.25, 0.3) is 5.91 Å². The molecule has 0 aromatic heterocycles. The van der Waals surface area contributed by atoms with Crippen LogP contribution in [-0.2, 0) is 9.53 Å². The van der Waals surface area contributed by atoms with E-state index in [9.17, 15) is 9.59 Å². The maximum absolute atomic E-state index is 12.6. The quantitative estimate of drug-likeness (QED) is 0.717. The number of methoxy groups -OCH3 is 3. The van der Waals surface area contributed by atoms with Gasteiger partial charge in [0, 0.05) is 12.6 Å². The third kappa shape index (κ3) is 4.37. The van der Waals surface area contributed by atoms with E-state index in [0.29, 0.717) is 23.6 Å². The predicted octanol–water partition coefficient (Wildman–Crippen LogP) is 1.73. The van der Waals surface area contributed by atoms with Crippen LogP contribution in [0, 0.1) is 0 Å². The van der Waals surface area contributed by atoms with E-state index >= 15 is 0 Å². The fraction of sp³-hybridized carbons (Fsp3) is 0.467. The van der Waals surface area contributed by atoms with Crippen LogP contribution in [0.1, 0.15) is 23.7 Å². The number of benzene rings is 1. The highest BCUT2D eigenvalue weighted by Crippen LogP contribution is 2.25. The number of hydrogen-bond donors (Lipinski definition) is 0. The van der Waals surface area contributed by atoms with Gasteiger partial charge >= 0.3 is 5.97 Å². The molecule has 0 fully saturated rings. The van der Waals surface area contributed by atoms with Gasteiger partial charge in [-0.05, 0) is 18.6 Å². The Labute approximate surface area is 124 Å². The van der Waals surface area contributed by atoms with Gasteiger partial charge < -0.3 is 19.1 Å². The summed E-state index contributed by atoms with van der Waals surface area (Å²) in [6.45, 7) is 2.31. The zero-order valence-electron chi connectivity index (χ0n) is 12.8. The average molecular weight is 295 g/mol. The fourth-order valence-corrected chi connectivity index (χ4v) is 1.89. The van der Waals surface area contributed by atoms with E-state index < -0.39 is 5.97 Å². The van der Waals surface area contributed by atoms with E-state index in [1.807, 2.05) is 6.92 Å². The molecule has 0 bridgehead atoms. The van der Waals surface area contributed by atoms with Crippen molar-refractivity contribution in [1.29, 1.82) is 0 Å². The van der Waals surface area contributed by atoms with Gasteiger partial charge in [-0.1, -0.05) is 6.92 Å². The summed E-state index contributed by atoms with van der Waals surface area (Å²) in [6.07, 6.45) is 0.737. The molecule has 6 nitrogen and oxygen atoms in total. The van der Waals surface area contributed by atoms with E-state index in [4.69, 9.17) is 9.47 Å². The standard InChI is InChI=1S/C15H21NO5/c1-5-8-16(10-14(17)21-4)15(18)12-7-6-11(19-2)9-13(12)20-3/h6-7,9H,5,8,10H2,1-4H3. The van der Waals surface area contributed by atoms with Crippen molar-refractivity contribution in [3.8, 4) is 11.5 Å². The van der Waals surface area contributed by atoms with Gasteiger partial charge in [0.1, 0.15) is 18.0 Å². The molecule has 0 N–H and O–H groups in total. The lowest BCUT2D eigenvalue weighted by Gasteiger charge is -2.22. The van der Waals surface area contributed by atoms with Gasteiger partial charge in [-0.25, -0.2) is 0 Å². The van der Waals surface area contributed by atoms with Crippen molar-refractivity contribution < 1.29 is 23.8 Å². The summed E-state index contributed by atoms with van der Waals surface area (Å²) >= 11 is 0. The molecule has 0 radical (unpaired) electrons. The van der Waals surface area contributed by atoms with E-state index in [1.165, 1.54) is 26.2 Å². The molecule has 0 aliphatic carbocycles. The number of amides is 1. The minimum atomic E-state index is -0.454. The number of esters is 1. The minimum Gasteiger partial charge on any atom is -0.497 e. The van der Waals surface area contributed by atoms with Gasteiger partial charge in [-0.2, -0.15) is 0 Å². The molecule has 116 valence electrons. The second kappa shape index (κ2) is 8.14. The molecule has 0 saturated heterocycles. The molecule has 6 heteroatoms. The van der Waals surface area contributed by atoms with Gasteiger partial charge in [-0.3, -0.25) is 9.59 Å². The molecule has 1 amide bonds. The molecule has 0 unspecified atom stereocenters. The van der Waals surface area contributed by atoms with Crippen LogP contribution >= 0.6 is 0 Å².